The number of rotatable bonds is 11. The minimum atomic E-state index is -0.301. The second kappa shape index (κ2) is 10.1. The van der Waals surface area contributed by atoms with Gasteiger partial charge < -0.3 is 19.5 Å². The molecule has 0 aromatic heterocycles. The maximum Gasteiger partial charge on any atom is 0.323 e. The Kier molecular flexibility index (Phi) is 9.80. The van der Waals surface area contributed by atoms with Gasteiger partial charge in [-0.15, -0.1) is 0 Å². The summed E-state index contributed by atoms with van der Waals surface area (Å²) in [5, 5.41) is 3.20. The predicted octanol–water partition coefficient (Wildman–Crippen LogP) is 2.14. The minimum absolute atomic E-state index is 0.170. The molecule has 1 atom stereocenters. The van der Waals surface area contributed by atoms with Gasteiger partial charge in [-0.3, -0.25) is 4.79 Å². The lowest BCUT2D eigenvalue weighted by molar-refractivity contribution is -0.146. The van der Waals surface area contributed by atoms with E-state index in [9.17, 15) is 4.79 Å². The summed E-state index contributed by atoms with van der Waals surface area (Å²) in [4.78, 5) is 11.8. The van der Waals surface area contributed by atoms with Crippen molar-refractivity contribution >= 4 is 5.97 Å². The number of carbonyl (C=O) groups is 1. The zero-order valence-electron chi connectivity index (χ0n) is 13.8. The molecule has 20 heavy (non-hydrogen) atoms. The maximum atomic E-state index is 11.8. The highest BCUT2D eigenvalue weighted by Gasteiger charge is 2.20. The predicted molar refractivity (Wildman–Crippen MR) is 79.8 cm³/mol. The van der Waals surface area contributed by atoms with Crippen LogP contribution in [0.5, 0.6) is 0 Å². The molecule has 0 aliphatic heterocycles. The first-order chi connectivity index (χ1) is 9.32. The van der Waals surface area contributed by atoms with Crippen LogP contribution in [0.2, 0.25) is 0 Å². The Labute approximate surface area is 123 Å². The molecule has 5 heteroatoms. The SMILES string of the molecule is CCOC(=O)C(CCOCCC(C)(C)OC)NC(C)C. The van der Waals surface area contributed by atoms with Gasteiger partial charge >= 0.3 is 5.97 Å². The first kappa shape index (κ1) is 19.4. The Bertz CT molecular complexity index is 267. The molecule has 0 rings (SSSR count). The zero-order valence-corrected chi connectivity index (χ0v) is 13.8. The van der Waals surface area contributed by atoms with E-state index in [2.05, 4.69) is 5.32 Å². The van der Waals surface area contributed by atoms with Crippen molar-refractivity contribution in [2.45, 2.75) is 65.1 Å². The van der Waals surface area contributed by atoms with E-state index >= 15 is 0 Å². The first-order valence-electron chi connectivity index (χ1n) is 7.38. The molecule has 0 saturated carbocycles. The van der Waals surface area contributed by atoms with Gasteiger partial charge in [-0.25, -0.2) is 0 Å². The van der Waals surface area contributed by atoms with Crippen molar-refractivity contribution in [3.05, 3.63) is 0 Å². The van der Waals surface area contributed by atoms with Crippen LogP contribution in [0.25, 0.3) is 0 Å². The van der Waals surface area contributed by atoms with Crippen molar-refractivity contribution in [3.8, 4) is 0 Å². The van der Waals surface area contributed by atoms with E-state index in [1.165, 1.54) is 0 Å². The number of ether oxygens (including phenoxy) is 3. The molecule has 0 aromatic carbocycles. The van der Waals surface area contributed by atoms with Crippen molar-refractivity contribution in [1.29, 1.82) is 0 Å². The van der Waals surface area contributed by atoms with Crippen molar-refractivity contribution in [2.75, 3.05) is 26.9 Å². The second-order valence-electron chi connectivity index (χ2n) is 5.74. The van der Waals surface area contributed by atoms with Crippen LogP contribution in [0, 0.1) is 0 Å². The Hall–Kier alpha value is -0.650. The zero-order chi connectivity index (χ0) is 15.6. The highest BCUT2D eigenvalue weighted by Crippen LogP contribution is 2.12. The van der Waals surface area contributed by atoms with Crippen LogP contribution >= 0.6 is 0 Å². The standard InChI is InChI=1S/C15H31NO4/c1-7-20-14(17)13(16-12(2)3)8-10-19-11-9-15(4,5)18-6/h12-13,16H,7-11H2,1-6H3. The number of nitrogens with one attached hydrogen (secondary N) is 1. The van der Waals surface area contributed by atoms with Crippen LogP contribution in [-0.2, 0) is 19.0 Å². The summed E-state index contributed by atoms with van der Waals surface area (Å²) in [6.07, 6.45) is 1.44. The monoisotopic (exact) mass is 289 g/mol. The van der Waals surface area contributed by atoms with Gasteiger partial charge in [-0.1, -0.05) is 13.8 Å². The highest BCUT2D eigenvalue weighted by molar-refractivity contribution is 5.75. The third-order valence-electron chi connectivity index (χ3n) is 3.06. The van der Waals surface area contributed by atoms with E-state index in [0.29, 0.717) is 26.2 Å². The summed E-state index contributed by atoms with van der Waals surface area (Å²) in [5.74, 6) is -0.206. The normalized spacial score (nSPS) is 13.6. The first-order valence-corrected chi connectivity index (χ1v) is 7.38. The third-order valence-corrected chi connectivity index (χ3v) is 3.06. The third kappa shape index (κ3) is 9.28. The molecule has 0 spiro atoms. The topological polar surface area (TPSA) is 56.8 Å². The molecule has 1 N–H and O–H groups in total. The Morgan fingerprint density at radius 3 is 2.40 bits per heavy atom. The second-order valence-corrected chi connectivity index (χ2v) is 5.74. The quantitative estimate of drug-likeness (QED) is 0.466. The molecule has 0 amide bonds. The smallest absolute Gasteiger partial charge is 0.323 e. The number of hydrogen-bond donors (Lipinski definition) is 1. The Balaban J connectivity index is 3.99. The molecule has 0 saturated heterocycles. The van der Waals surface area contributed by atoms with Crippen molar-refractivity contribution in [1.82, 2.24) is 5.32 Å². The molecular weight excluding hydrogens is 258 g/mol. The fourth-order valence-electron chi connectivity index (χ4n) is 1.64. The fraction of sp³-hybridized carbons (Fsp3) is 0.933. The van der Waals surface area contributed by atoms with Crippen LogP contribution in [0.4, 0.5) is 0 Å². The van der Waals surface area contributed by atoms with Crippen LogP contribution in [0.1, 0.15) is 47.5 Å². The van der Waals surface area contributed by atoms with Crippen molar-refractivity contribution in [2.24, 2.45) is 0 Å². The summed E-state index contributed by atoms with van der Waals surface area (Å²) in [5.41, 5.74) is -0.170. The van der Waals surface area contributed by atoms with Crippen LogP contribution < -0.4 is 5.32 Å². The maximum absolute atomic E-state index is 11.8. The number of hydrogen-bond acceptors (Lipinski definition) is 5. The molecule has 0 radical (unpaired) electrons. The summed E-state index contributed by atoms with van der Waals surface area (Å²) in [7, 11) is 1.70. The van der Waals surface area contributed by atoms with Gasteiger partial charge in [0.05, 0.1) is 12.2 Å². The van der Waals surface area contributed by atoms with Gasteiger partial charge in [0.25, 0.3) is 0 Å². The van der Waals surface area contributed by atoms with Gasteiger partial charge in [0.2, 0.25) is 0 Å². The highest BCUT2D eigenvalue weighted by atomic mass is 16.5. The van der Waals surface area contributed by atoms with E-state index in [4.69, 9.17) is 14.2 Å². The summed E-state index contributed by atoms with van der Waals surface area (Å²) < 4.78 is 16.0. The van der Waals surface area contributed by atoms with Gasteiger partial charge in [0.1, 0.15) is 6.04 Å². The van der Waals surface area contributed by atoms with Gasteiger partial charge in [-0.2, -0.15) is 0 Å². The fourth-order valence-corrected chi connectivity index (χ4v) is 1.64. The number of esters is 1. The average Bonchev–Trinajstić information content (AvgIpc) is 2.36. The van der Waals surface area contributed by atoms with E-state index < -0.39 is 0 Å². The lowest BCUT2D eigenvalue weighted by Gasteiger charge is -2.23. The number of carbonyl (C=O) groups excluding carboxylic acids is 1. The van der Waals surface area contributed by atoms with Crippen LogP contribution in [-0.4, -0.2) is 50.6 Å². The average molecular weight is 289 g/mol. The lowest BCUT2D eigenvalue weighted by atomic mass is 10.1. The lowest BCUT2D eigenvalue weighted by Crippen LogP contribution is -2.42. The summed E-state index contributed by atoms with van der Waals surface area (Å²) in [6.45, 7) is 11.4. The molecule has 0 fully saturated rings. The molecule has 0 aliphatic rings. The van der Waals surface area contributed by atoms with Crippen LogP contribution in [0.15, 0.2) is 0 Å². The molecule has 5 nitrogen and oxygen atoms in total. The molecule has 120 valence electrons. The van der Waals surface area contributed by atoms with Gasteiger partial charge in [0, 0.05) is 26.4 Å². The molecule has 1 unspecified atom stereocenters. The Morgan fingerprint density at radius 1 is 1.25 bits per heavy atom. The summed E-state index contributed by atoms with van der Waals surface area (Å²) >= 11 is 0. The molecule has 0 aromatic rings. The molecule has 0 heterocycles. The molecule has 0 aliphatic carbocycles. The molecule has 0 bridgehead atoms. The van der Waals surface area contributed by atoms with E-state index in [1.54, 1.807) is 7.11 Å². The van der Waals surface area contributed by atoms with Gasteiger partial charge in [-0.05, 0) is 33.6 Å². The van der Waals surface area contributed by atoms with Crippen molar-refractivity contribution in [3.63, 3.8) is 0 Å². The molecular formula is C15H31NO4. The van der Waals surface area contributed by atoms with E-state index in [0.717, 1.165) is 6.42 Å². The van der Waals surface area contributed by atoms with E-state index in [1.807, 2.05) is 34.6 Å². The van der Waals surface area contributed by atoms with Crippen LogP contribution in [0.3, 0.4) is 0 Å². The van der Waals surface area contributed by atoms with Crippen molar-refractivity contribution < 1.29 is 19.0 Å². The Morgan fingerprint density at radius 2 is 1.90 bits per heavy atom. The number of methoxy groups -OCH3 is 1. The largest absolute Gasteiger partial charge is 0.465 e. The van der Waals surface area contributed by atoms with E-state index in [-0.39, 0.29) is 23.7 Å². The summed E-state index contributed by atoms with van der Waals surface area (Å²) in [6, 6.07) is -0.0674. The van der Waals surface area contributed by atoms with Gasteiger partial charge in [0.15, 0.2) is 0 Å². The minimum Gasteiger partial charge on any atom is -0.465 e.